The maximum atomic E-state index is 12.4. The highest BCUT2D eigenvalue weighted by atomic mass is 35.5. The molecule has 0 aliphatic carbocycles. The van der Waals surface area contributed by atoms with Gasteiger partial charge >= 0.3 is 0 Å². The van der Waals surface area contributed by atoms with E-state index < -0.39 is 0 Å². The molecule has 1 heterocycles. The zero-order valence-electron chi connectivity index (χ0n) is 17.7. The Morgan fingerprint density at radius 2 is 1.67 bits per heavy atom. The van der Waals surface area contributed by atoms with Gasteiger partial charge < -0.3 is 10.6 Å². The molecule has 0 saturated carbocycles. The first-order valence-corrected chi connectivity index (χ1v) is 10.9. The third-order valence-electron chi connectivity index (χ3n) is 5.46. The van der Waals surface area contributed by atoms with Crippen molar-refractivity contribution in [3.63, 3.8) is 0 Å². The molecule has 30 heavy (non-hydrogen) atoms. The summed E-state index contributed by atoms with van der Waals surface area (Å²) < 4.78 is 0. The second kappa shape index (κ2) is 10.6. The Kier molecular flexibility index (Phi) is 7.88. The highest BCUT2D eigenvalue weighted by Gasteiger charge is 2.25. The summed E-state index contributed by atoms with van der Waals surface area (Å²) in [4.78, 5) is 26.9. The van der Waals surface area contributed by atoms with Crippen molar-refractivity contribution in [1.29, 1.82) is 0 Å². The average molecular weight is 428 g/mol. The summed E-state index contributed by atoms with van der Waals surface area (Å²) >= 11 is 5.90. The fourth-order valence-electron chi connectivity index (χ4n) is 3.93. The molecule has 0 bridgehead atoms. The SMILES string of the molecule is Cc1cc(C)cc(NC(=O)CN2CCC(C(=O)NCCc3ccc(Cl)cc3)CC2)c1. The van der Waals surface area contributed by atoms with Gasteiger partial charge in [-0.15, -0.1) is 0 Å². The molecule has 3 rings (SSSR count). The minimum atomic E-state index is -0.00846. The van der Waals surface area contributed by atoms with Crippen molar-refractivity contribution in [3.8, 4) is 0 Å². The van der Waals surface area contributed by atoms with Crippen LogP contribution in [0.15, 0.2) is 42.5 Å². The number of rotatable bonds is 7. The Morgan fingerprint density at radius 3 is 2.30 bits per heavy atom. The summed E-state index contributed by atoms with van der Waals surface area (Å²) in [5.74, 6) is 0.128. The quantitative estimate of drug-likeness (QED) is 0.702. The van der Waals surface area contributed by atoms with Gasteiger partial charge in [0.15, 0.2) is 0 Å². The predicted octanol–water partition coefficient (Wildman–Crippen LogP) is 3.97. The van der Waals surface area contributed by atoms with Crippen LogP contribution in [0.3, 0.4) is 0 Å². The summed E-state index contributed by atoms with van der Waals surface area (Å²) in [5.41, 5.74) is 4.26. The van der Waals surface area contributed by atoms with Gasteiger partial charge in [0.25, 0.3) is 0 Å². The Labute approximate surface area is 183 Å². The summed E-state index contributed by atoms with van der Waals surface area (Å²) in [6.07, 6.45) is 2.35. The Bertz CT molecular complexity index is 854. The topological polar surface area (TPSA) is 61.4 Å². The van der Waals surface area contributed by atoms with Crippen LogP contribution in [0.25, 0.3) is 0 Å². The molecule has 2 N–H and O–H groups in total. The van der Waals surface area contributed by atoms with E-state index in [1.807, 2.05) is 50.2 Å². The first kappa shape index (κ1) is 22.3. The van der Waals surface area contributed by atoms with Crippen LogP contribution in [0.1, 0.15) is 29.5 Å². The van der Waals surface area contributed by atoms with Gasteiger partial charge in [0.2, 0.25) is 11.8 Å². The number of halogens is 1. The second-order valence-electron chi connectivity index (χ2n) is 8.14. The fourth-order valence-corrected chi connectivity index (χ4v) is 4.06. The lowest BCUT2D eigenvalue weighted by Crippen LogP contribution is -2.43. The summed E-state index contributed by atoms with van der Waals surface area (Å²) in [5, 5.41) is 6.75. The van der Waals surface area contributed by atoms with E-state index in [9.17, 15) is 9.59 Å². The van der Waals surface area contributed by atoms with E-state index >= 15 is 0 Å². The standard InChI is InChI=1S/C24H30ClN3O2/c1-17-13-18(2)15-22(14-17)27-23(29)16-28-11-8-20(9-12-28)24(30)26-10-7-19-3-5-21(25)6-4-19/h3-6,13-15,20H,7-12,16H2,1-2H3,(H,26,30)(H,27,29). The van der Waals surface area contributed by atoms with Gasteiger partial charge in [-0.25, -0.2) is 0 Å². The van der Waals surface area contributed by atoms with Crippen molar-refractivity contribution in [2.24, 2.45) is 5.92 Å². The molecule has 160 valence electrons. The monoisotopic (exact) mass is 427 g/mol. The smallest absolute Gasteiger partial charge is 0.238 e. The molecule has 5 nitrogen and oxygen atoms in total. The van der Waals surface area contributed by atoms with Crippen molar-refractivity contribution in [2.45, 2.75) is 33.1 Å². The number of carbonyl (C=O) groups excluding carboxylic acids is 2. The number of nitrogens with zero attached hydrogens (tertiary/aromatic N) is 1. The Balaban J connectivity index is 1.36. The molecule has 0 spiro atoms. The van der Waals surface area contributed by atoms with Crippen LogP contribution in [-0.2, 0) is 16.0 Å². The maximum Gasteiger partial charge on any atom is 0.238 e. The molecule has 0 atom stereocenters. The van der Waals surface area contributed by atoms with Gasteiger partial charge in [-0.3, -0.25) is 14.5 Å². The summed E-state index contributed by atoms with van der Waals surface area (Å²) in [7, 11) is 0. The maximum absolute atomic E-state index is 12.4. The Morgan fingerprint density at radius 1 is 1.03 bits per heavy atom. The molecule has 0 aromatic heterocycles. The first-order valence-electron chi connectivity index (χ1n) is 10.5. The number of nitrogens with one attached hydrogen (secondary N) is 2. The molecule has 1 aliphatic rings. The van der Waals surface area contributed by atoms with E-state index in [4.69, 9.17) is 11.6 Å². The van der Waals surface area contributed by atoms with Crippen molar-refractivity contribution in [1.82, 2.24) is 10.2 Å². The zero-order chi connectivity index (χ0) is 21.5. The van der Waals surface area contributed by atoms with Crippen LogP contribution in [0.4, 0.5) is 5.69 Å². The van der Waals surface area contributed by atoms with E-state index in [1.165, 1.54) is 0 Å². The van der Waals surface area contributed by atoms with Crippen molar-refractivity contribution < 1.29 is 9.59 Å². The minimum absolute atomic E-state index is 0.00846. The van der Waals surface area contributed by atoms with Crippen LogP contribution in [0.5, 0.6) is 0 Å². The third-order valence-corrected chi connectivity index (χ3v) is 5.71. The van der Waals surface area contributed by atoms with Gasteiger partial charge in [-0.2, -0.15) is 0 Å². The summed E-state index contributed by atoms with van der Waals surface area (Å²) in [6, 6.07) is 13.7. The van der Waals surface area contributed by atoms with Gasteiger partial charge in [0, 0.05) is 23.2 Å². The first-order chi connectivity index (χ1) is 14.4. The molecule has 1 saturated heterocycles. The number of benzene rings is 2. The number of likely N-dealkylation sites (tertiary alicyclic amines) is 1. The van der Waals surface area contributed by atoms with Crippen LogP contribution in [-0.4, -0.2) is 42.9 Å². The van der Waals surface area contributed by atoms with Crippen LogP contribution in [0, 0.1) is 19.8 Å². The van der Waals surface area contributed by atoms with Crippen molar-refractivity contribution in [3.05, 3.63) is 64.2 Å². The lowest BCUT2D eigenvalue weighted by Gasteiger charge is -2.30. The van der Waals surface area contributed by atoms with Crippen LogP contribution in [0.2, 0.25) is 5.02 Å². The molecule has 0 unspecified atom stereocenters. The number of amides is 2. The van der Waals surface area contributed by atoms with Crippen LogP contribution >= 0.6 is 11.6 Å². The molecular weight excluding hydrogens is 398 g/mol. The minimum Gasteiger partial charge on any atom is -0.356 e. The van der Waals surface area contributed by atoms with Crippen LogP contribution < -0.4 is 10.6 Å². The van der Waals surface area contributed by atoms with E-state index in [-0.39, 0.29) is 17.7 Å². The van der Waals surface area contributed by atoms with Gasteiger partial charge in [-0.05, 0) is 87.2 Å². The largest absolute Gasteiger partial charge is 0.356 e. The molecule has 1 aliphatic heterocycles. The summed E-state index contributed by atoms with van der Waals surface area (Å²) in [6.45, 7) is 6.55. The number of piperidine rings is 1. The van der Waals surface area contributed by atoms with E-state index in [0.717, 1.165) is 59.8 Å². The fraction of sp³-hybridized carbons (Fsp3) is 0.417. The second-order valence-corrected chi connectivity index (χ2v) is 8.58. The lowest BCUT2D eigenvalue weighted by atomic mass is 9.96. The third kappa shape index (κ3) is 6.85. The molecule has 1 fully saturated rings. The number of hydrogen-bond acceptors (Lipinski definition) is 3. The van der Waals surface area contributed by atoms with E-state index in [1.54, 1.807) is 0 Å². The predicted molar refractivity (Wildman–Crippen MR) is 122 cm³/mol. The average Bonchev–Trinajstić information content (AvgIpc) is 2.69. The number of aryl methyl sites for hydroxylation is 2. The normalized spacial score (nSPS) is 15.0. The highest BCUT2D eigenvalue weighted by molar-refractivity contribution is 6.30. The molecule has 2 aromatic rings. The Hall–Kier alpha value is -2.37. The zero-order valence-corrected chi connectivity index (χ0v) is 18.5. The molecule has 0 radical (unpaired) electrons. The lowest BCUT2D eigenvalue weighted by molar-refractivity contribution is -0.126. The van der Waals surface area contributed by atoms with Crippen molar-refractivity contribution >= 4 is 29.1 Å². The van der Waals surface area contributed by atoms with E-state index in [2.05, 4.69) is 21.6 Å². The van der Waals surface area contributed by atoms with Gasteiger partial charge in [0.05, 0.1) is 6.54 Å². The molecule has 6 heteroatoms. The highest BCUT2D eigenvalue weighted by Crippen LogP contribution is 2.18. The van der Waals surface area contributed by atoms with Crippen molar-refractivity contribution in [2.75, 3.05) is 31.5 Å². The van der Waals surface area contributed by atoms with Gasteiger partial charge in [-0.1, -0.05) is 29.8 Å². The molecule has 2 aromatic carbocycles. The van der Waals surface area contributed by atoms with Gasteiger partial charge in [0.1, 0.15) is 0 Å². The number of carbonyl (C=O) groups is 2. The molecular formula is C24H30ClN3O2. The molecule has 2 amide bonds. The number of anilines is 1. The number of hydrogen-bond donors (Lipinski definition) is 2. The van der Waals surface area contributed by atoms with E-state index in [0.29, 0.717) is 13.1 Å².